The highest BCUT2D eigenvalue weighted by molar-refractivity contribution is 6.35. The molecular formula is C21H18Cl2N4O3. The minimum Gasteiger partial charge on any atom is -0.316 e. The van der Waals surface area contributed by atoms with Crippen LogP contribution in [0.1, 0.15) is 22.5 Å². The molecule has 1 aromatic heterocycles. The van der Waals surface area contributed by atoms with E-state index in [0.717, 1.165) is 22.6 Å². The van der Waals surface area contributed by atoms with Gasteiger partial charge in [-0.05, 0) is 38.1 Å². The highest BCUT2D eigenvalue weighted by Crippen LogP contribution is 2.28. The predicted octanol–water partition coefficient (Wildman–Crippen LogP) is 5.00. The number of nitro benzene ring substituents is 1. The van der Waals surface area contributed by atoms with E-state index in [1.165, 1.54) is 12.3 Å². The minimum atomic E-state index is -0.511. The van der Waals surface area contributed by atoms with Crippen molar-refractivity contribution in [2.75, 3.05) is 0 Å². The molecule has 3 rings (SSSR count). The van der Waals surface area contributed by atoms with Gasteiger partial charge in [0.05, 0.1) is 28.3 Å². The Kier molecular flexibility index (Phi) is 6.54. The number of amides is 1. The number of nitro groups is 1. The number of hydrogen-bond donors (Lipinski definition) is 1. The van der Waals surface area contributed by atoms with Crippen LogP contribution in [-0.2, 0) is 11.2 Å². The first kappa shape index (κ1) is 21.5. The summed E-state index contributed by atoms with van der Waals surface area (Å²) >= 11 is 12.3. The Morgan fingerprint density at radius 1 is 1.20 bits per heavy atom. The topological polar surface area (TPSA) is 89.5 Å². The van der Waals surface area contributed by atoms with Crippen LogP contribution in [0.5, 0.6) is 0 Å². The van der Waals surface area contributed by atoms with Crippen molar-refractivity contribution in [3.05, 3.63) is 91.2 Å². The smallest absolute Gasteiger partial charge is 0.273 e. The molecule has 1 N–H and O–H groups in total. The Morgan fingerprint density at radius 3 is 2.63 bits per heavy atom. The summed E-state index contributed by atoms with van der Waals surface area (Å²) in [5, 5.41) is 16.1. The number of benzene rings is 2. The number of rotatable bonds is 6. The predicted molar refractivity (Wildman–Crippen MR) is 118 cm³/mol. The third kappa shape index (κ3) is 4.69. The molecule has 2 aromatic carbocycles. The van der Waals surface area contributed by atoms with Gasteiger partial charge in [0.2, 0.25) is 5.91 Å². The maximum atomic E-state index is 12.1. The van der Waals surface area contributed by atoms with Gasteiger partial charge in [0, 0.05) is 33.6 Å². The Morgan fingerprint density at radius 2 is 1.93 bits per heavy atom. The second-order valence-corrected chi connectivity index (χ2v) is 7.46. The highest BCUT2D eigenvalue weighted by atomic mass is 35.5. The molecule has 9 heteroatoms. The van der Waals surface area contributed by atoms with Crippen LogP contribution in [0.25, 0.3) is 5.69 Å². The number of nitrogens with one attached hydrogen (secondary N) is 1. The third-order valence-electron chi connectivity index (χ3n) is 4.55. The number of carbonyl (C=O) groups is 1. The van der Waals surface area contributed by atoms with Gasteiger partial charge in [-0.1, -0.05) is 41.4 Å². The first-order chi connectivity index (χ1) is 14.3. The van der Waals surface area contributed by atoms with E-state index in [1.807, 2.05) is 30.5 Å². The lowest BCUT2D eigenvalue weighted by Gasteiger charge is -2.11. The molecule has 1 heterocycles. The molecule has 0 unspecified atom stereocenters. The van der Waals surface area contributed by atoms with Crippen LogP contribution in [0.15, 0.2) is 53.6 Å². The minimum absolute atomic E-state index is 0.0972. The maximum Gasteiger partial charge on any atom is 0.273 e. The molecule has 0 saturated carbocycles. The first-order valence-corrected chi connectivity index (χ1v) is 9.72. The van der Waals surface area contributed by atoms with Gasteiger partial charge in [-0.15, -0.1) is 0 Å². The standard InChI is InChI=1S/C21H18Cl2N4O3/c1-13-9-16(14(2)26(13)20-8-7-17(22)11-18(20)23)12-24-25-21(28)10-15-5-3-4-6-19(15)27(29)30/h3-9,11-12H,10H2,1-2H3,(H,25,28)/b24-12+. The van der Waals surface area contributed by atoms with E-state index >= 15 is 0 Å². The van der Waals surface area contributed by atoms with Crippen LogP contribution in [0.3, 0.4) is 0 Å². The molecule has 0 bridgehead atoms. The van der Waals surface area contributed by atoms with Crippen LogP contribution >= 0.6 is 23.2 Å². The second kappa shape index (κ2) is 9.11. The van der Waals surface area contributed by atoms with Crippen molar-refractivity contribution in [1.29, 1.82) is 0 Å². The molecule has 0 aliphatic carbocycles. The third-order valence-corrected chi connectivity index (χ3v) is 5.09. The van der Waals surface area contributed by atoms with Crippen LogP contribution in [-0.4, -0.2) is 21.6 Å². The molecule has 0 aliphatic rings. The molecule has 0 radical (unpaired) electrons. The number of carbonyl (C=O) groups excluding carboxylic acids is 1. The van der Waals surface area contributed by atoms with Crippen molar-refractivity contribution in [1.82, 2.24) is 9.99 Å². The molecule has 3 aromatic rings. The van der Waals surface area contributed by atoms with Crippen LogP contribution in [0.2, 0.25) is 10.0 Å². The van der Waals surface area contributed by atoms with E-state index < -0.39 is 10.8 Å². The lowest BCUT2D eigenvalue weighted by atomic mass is 10.1. The summed E-state index contributed by atoms with van der Waals surface area (Å²) < 4.78 is 1.97. The summed E-state index contributed by atoms with van der Waals surface area (Å²) in [6.45, 7) is 3.84. The fraction of sp³-hybridized carbons (Fsp3) is 0.143. The quantitative estimate of drug-likeness (QED) is 0.329. The zero-order chi connectivity index (χ0) is 21.8. The molecular weight excluding hydrogens is 427 g/mol. The number of halogens is 2. The van der Waals surface area contributed by atoms with Crippen molar-refractivity contribution in [2.45, 2.75) is 20.3 Å². The number of aryl methyl sites for hydroxylation is 1. The molecule has 0 spiro atoms. The average molecular weight is 445 g/mol. The Labute approximate surface area is 183 Å². The van der Waals surface area contributed by atoms with E-state index in [2.05, 4.69) is 10.5 Å². The highest BCUT2D eigenvalue weighted by Gasteiger charge is 2.15. The SMILES string of the molecule is Cc1cc(/C=N/NC(=O)Cc2ccccc2[N+](=O)[O-])c(C)n1-c1ccc(Cl)cc1Cl. The van der Waals surface area contributed by atoms with E-state index in [4.69, 9.17) is 23.2 Å². The molecule has 30 heavy (non-hydrogen) atoms. The number of para-hydroxylation sites is 1. The summed E-state index contributed by atoms with van der Waals surface area (Å²) in [6, 6.07) is 13.3. The molecule has 0 saturated heterocycles. The first-order valence-electron chi connectivity index (χ1n) is 8.96. The van der Waals surface area contributed by atoms with Gasteiger partial charge in [0.1, 0.15) is 0 Å². The maximum absolute atomic E-state index is 12.1. The van der Waals surface area contributed by atoms with E-state index in [9.17, 15) is 14.9 Å². The molecule has 0 aliphatic heterocycles. The second-order valence-electron chi connectivity index (χ2n) is 6.61. The normalized spacial score (nSPS) is 11.1. The zero-order valence-electron chi connectivity index (χ0n) is 16.2. The molecule has 0 fully saturated rings. The Balaban J connectivity index is 1.75. The van der Waals surface area contributed by atoms with Gasteiger partial charge in [-0.25, -0.2) is 5.43 Å². The monoisotopic (exact) mass is 444 g/mol. The van der Waals surface area contributed by atoms with E-state index in [-0.39, 0.29) is 12.1 Å². The summed E-state index contributed by atoms with van der Waals surface area (Å²) in [6.07, 6.45) is 1.38. The van der Waals surface area contributed by atoms with Crippen molar-refractivity contribution in [2.24, 2.45) is 5.10 Å². The van der Waals surface area contributed by atoms with Gasteiger partial charge in [-0.3, -0.25) is 14.9 Å². The summed E-state index contributed by atoms with van der Waals surface area (Å²) in [7, 11) is 0. The Hall–Kier alpha value is -3.16. The van der Waals surface area contributed by atoms with Gasteiger partial charge < -0.3 is 4.57 Å². The summed E-state index contributed by atoms with van der Waals surface area (Å²) in [4.78, 5) is 22.7. The molecule has 154 valence electrons. The van der Waals surface area contributed by atoms with E-state index in [0.29, 0.717) is 15.6 Å². The zero-order valence-corrected chi connectivity index (χ0v) is 17.7. The van der Waals surface area contributed by atoms with Gasteiger partial charge >= 0.3 is 0 Å². The summed E-state index contributed by atoms with van der Waals surface area (Å²) in [5.41, 5.74) is 6.04. The number of hydrazone groups is 1. The number of aromatic nitrogens is 1. The lowest BCUT2D eigenvalue weighted by molar-refractivity contribution is -0.385. The van der Waals surface area contributed by atoms with Crippen molar-refractivity contribution in [3.63, 3.8) is 0 Å². The van der Waals surface area contributed by atoms with Crippen LogP contribution in [0.4, 0.5) is 5.69 Å². The molecule has 7 nitrogen and oxygen atoms in total. The summed E-state index contributed by atoms with van der Waals surface area (Å²) in [5.74, 6) is -0.449. The largest absolute Gasteiger partial charge is 0.316 e. The van der Waals surface area contributed by atoms with Crippen LogP contribution < -0.4 is 5.43 Å². The Bertz CT molecular complexity index is 1160. The van der Waals surface area contributed by atoms with Gasteiger partial charge in [0.15, 0.2) is 0 Å². The number of nitrogens with zero attached hydrogens (tertiary/aromatic N) is 3. The van der Waals surface area contributed by atoms with Crippen molar-refractivity contribution >= 4 is 41.0 Å². The van der Waals surface area contributed by atoms with Crippen LogP contribution in [0, 0.1) is 24.0 Å². The van der Waals surface area contributed by atoms with E-state index in [1.54, 1.807) is 30.3 Å². The van der Waals surface area contributed by atoms with Gasteiger partial charge in [-0.2, -0.15) is 5.10 Å². The van der Waals surface area contributed by atoms with Crippen molar-refractivity contribution < 1.29 is 9.72 Å². The average Bonchev–Trinajstić information content (AvgIpc) is 2.96. The molecule has 0 atom stereocenters. The van der Waals surface area contributed by atoms with Gasteiger partial charge in [0.25, 0.3) is 5.69 Å². The number of hydrogen-bond acceptors (Lipinski definition) is 4. The lowest BCUT2D eigenvalue weighted by Crippen LogP contribution is -2.20. The fourth-order valence-electron chi connectivity index (χ4n) is 3.18. The fourth-order valence-corrected chi connectivity index (χ4v) is 3.67. The molecule has 1 amide bonds. The van der Waals surface area contributed by atoms with Crippen molar-refractivity contribution in [3.8, 4) is 5.69 Å².